The Kier molecular flexibility index (Phi) is 7.87. The molecule has 0 unspecified atom stereocenters. The first-order valence-electron chi connectivity index (χ1n) is 11.9. The highest BCUT2D eigenvalue weighted by Crippen LogP contribution is 2.28. The molecule has 4 rings (SSSR count). The molecule has 0 bridgehead atoms. The third-order valence-electron chi connectivity index (χ3n) is 6.37. The van der Waals surface area contributed by atoms with E-state index in [0.717, 1.165) is 37.6 Å². The SMILES string of the molecule is O=C(CCc1nnc(-c2cccc(OCC3CCC3)c2)[nH]c1=O)NCCN1CCCCC1. The van der Waals surface area contributed by atoms with Gasteiger partial charge in [-0.15, -0.1) is 10.2 Å². The molecule has 32 heavy (non-hydrogen) atoms. The summed E-state index contributed by atoms with van der Waals surface area (Å²) < 4.78 is 5.87. The molecule has 2 fully saturated rings. The fraction of sp³-hybridized carbons (Fsp3) is 0.583. The molecule has 2 N–H and O–H groups in total. The second kappa shape index (κ2) is 11.2. The molecular formula is C24H33N5O3. The summed E-state index contributed by atoms with van der Waals surface area (Å²) in [6.45, 7) is 4.47. The summed E-state index contributed by atoms with van der Waals surface area (Å²) in [6, 6.07) is 7.53. The molecular weight excluding hydrogens is 406 g/mol. The Hall–Kier alpha value is -2.74. The van der Waals surface area contributed by atoms with Crippen LogP contribution in [0.25, 0.3) is 11.4 Å². The van der Waals surface area contributed by atoms with Crippen LogP contribution in [0.1, 0.15) is 50.6 Å². The first kappa shape index (κ1) is 22.5. The molecule has 2 aliphatic rings. The van der Waals surface area contributed by atoms with E-state index < -0.39 is 0 Å². The summed E-state index contributed by atoms with van der Waals surface area (Å²) >= 11 is 0. The molecule has 1 saturated carbocycles. The van der Waals surface area contributed by atoms with E-state index in [1.807, 2.05) is 24.3 Å². The number of amides is 1. The van der Waals surface area contributed by atoms with E-state index in [2.05, 4.69) is 25.4 Å². The van der Waals surface area contributed by atoms with Gasteiger partial charge in [0.05, 0.1) is 6.61 Å². The van der Waals surface area contributed by atoms with Crippen molar-refractivity contribution in [3.05, 3.63) is 40.3 Å². The largest absolute Gasteiger partial charge is 0.493 e. The van der Waals surface area contributed by atoms with Gasteiger partial charge in [-0.05, 0) is 56.8 Å². The molecule has 0 atom stereocenters. The van der Waals surface area contributed by atoms with Gasteiger partial charge in [0.1, 0.15) is 11.4 Å². The number of aryl methyl sites for hydroxylation is 1. The number of H-pyrrole nitrogens is 1. The van der Waals surface area contributed by atoms with Crippen LogP contribution in [-0.2, 0) is 11.2 Å². The van der Waals surface area contributed by atoms with Gasteiger partial charge in [-0.25, -0.2) is 0 Å². The molecule has 1 aliphatic heterocycles. The smallest absolute Gasteiger partial charge is 0.273 e. The second-order valence-electron chi connectivity index (χ2n) is 8.84. The number of benzene rings is 1. The van der Waals surface area contributed by atoms with Crippen molar-refractivity contribution in [3.8, 4) is 17.1 Å². The fourth-order valence-electron chi connectivity index (χ4n) is 4.12. The van der Waals surface area contributed by atoms with Crippen LogP contribution in [0.15, 0.2) is 29.1 Å². The standard InChI is InChI=1S/C24H33N5O3/c30-22(25-12-15-29-13-2-1-3-14-29)11-10-21-24(31)26-23(28-27-21)19-8-5-9-20(16-19)32-17-18-6-4-7-18/h5,8-9,16,18H,1-4,6-7,10-15,17H2,(H,25,30)(H,26,28,31). The lowest BCUT2D eigenvalue weighted by molar-refractivity contribution is -0.121. The van der Waals surface area contributed by atoms with E-state index in [9.17, 15) is 9.59 Å². The van der Waals surface area contributed by atoms with Gasteiger partial charge in [-0.3, -0.25) is 9.59 Å². The van der Waals surface area contributed by atoms with E-state index in [-0.39, 0.29) is 30.0 Å². The predicted molar refractivity (Wildman–Crippen MR) is 123 cm³/mol. The van der Waals surface area contributed by atoms with Crippen LogP contribution in [0.5, 0.6) is 5.75 Å². The lowest BCUT2D eigenvalue weighted by Gasteiger charge is -2.26. The number of hydrogen-bond acceptors (Lipinski definition) is 6. The van der Waals surface area contributed by atoms with Gasteiger partial charge >= 0.3 is 0 Å². The van der Waals surface area contributed by atoms with Crippen LogP contribution in [0.3, 0.4) is 0 Å². The summed E-state index contributed by atoms with van der Waals surface area (Å²) in [5.41, 5.74) is 0.719. The Morgan fingerprint density at radius 2 is 2.00 bits per heavy atom. The van der Waals surface area contributed by atoms with E-state index in [1.165, 1.54) is 38.5 Å². The summed E-state index contributed by atoms with van der Waals surface area (Å²) in [5.74, 6) is 1.75. The topological polar surface area (TPSA) is 100 Å². The van der Waals surface area contributed by atoms with Crippen molar-refractivity contribution in [2.24, 2.45) is 5.92 Å². The maximum atomic E-state index is 12.5. The quantitative estimate of drug-likeness (QED) is 0.590. The van der Waals surface area contributed by atoms with Gasteiger partial charge in [-0.1, -0.05) is 25.0 Å². The molecule has 0 spiro atoms. The number of hydrogen-bond donors (Lipinski definition) is 2. The maximum Gasteiger partial charge on any atom is 0.273 e. The lowest BCUT2D eigenvalue weighted by atomic mass is 9.86. The number of carbonyl (C=O) groups is 1. The van der Waals surface area contributed by atoms with E-state index >= 15 is 0 Å². The van der Waals surface area contributed by atoms with Crippen LogP contribution in [-0.4, -0.2) is 58.8 Å². The lowest BCUT2D eigenvalue weighted by Crippen LogP contribution is -2.37. The second-order valence-corrected chi connectivity index (χ2v) is 8.84. The molecule has 1 aromatic heterocycles. The van der Waals surface area contributed by atoms with Crippen molar-refractivity contribution in [3.63, 3.8) is 0 Å². The normalized spacial score (nSPS) is 17.0. The van der Waals surface area contributed by atoms with E-state index in [1.54, 1.807) is 0 Å². The molecule has 2 heterocycles. The minimum absolute atomic E-state index is 0.0661. The molecule has 1 amide bonds. The number of aromatic nitrogens is 3. The summed E-state index contributed by atoms with van der Waals surface area (Å²) in [4.78, 5) is 29.8. The van der Waals surface area contributed by atoms with E-state index in [0.29, 0.717) is 18.3 Å². The molecule has 8 heteroatoms. The molecule has 8 nitrogen and oxygen atoms in total. The Labute approximate surface area is 188 Å². The van der Waals surface area contributed by atoms with E-state index in [4.69, 9.17) is 4.74 Å². The van der Waals surface area contributed by atoms with Crippen molar-refractivity contribution in [2.45, 2.75) is 51.4 Å². The highest BCUT2D eigenvalue weighted by atomic mass is 16.5. The minimum atomic E-state index is -0.308. The Morgan fingerprint density at radius 3 is 2.75 bits per heavy atom. The van der Waals surface area contributed by atoms with Crippen molar-refractivity contribution in [1.82, 2.24) is 25.4 Å². The van der Waals surface area contributed by atoms with Crippen LogP contribution in [0, 0.1) is 5.92 Å². The van der Waals surface area contributed by atoms with Crippen molar-refractivity contribution in [1.29, 1.82) is 0 Å². The molecule has 1 saturated heterocycles. The first-order valence-corrected chi connectivity index (χ1v) is 11.9. The number of ether oxygens (including phenoxy) is 1. The zero-order valence-corrected chi connectivity index (χ0v) is 18.6. The number of likely N-dealkylation sites (tertiary alicyclic amines) is 1. The molecule has 172 valence electrons. The van der Waals surface area contributed by atoms with Crippen LogP contribution in [0.4, 0.5) is 0 Å². The Bertz CT molecular complexity index is 951. The predicted octanol–water partition coefficient (Wildman–Crippen LogP) is 2.55. The maximum absolute atomic E-state index is 12.5. The minimum Gasteiger partial charge on any atom is -0.493 e. The van der Waals surface area contributed by atoms with Gasteiger partial charge in [0.15, 0.2) is 5.82 Å². The fourth-order valence-corrected chi connectivity index (χ4v) is 4.12. The third kappa shape index (κ3) is 6.38. The van der Waals surface area contributed by atoms with Crippen LogP contribution in [0.2, 0.25) is 0 Å². The molecule has 1 aliphatic carbocycles. The highest BCUT2D eigenvalue weighted by Gasteiger charge is 2.18. The number of nitrogens with zero attached hydrogens (tertiary/aromatic N) is 3. The van der Waals surface area contributed by atoms with Gasteiger partial charge in [0.25, 0.3) is 5.56 Å². The van der Waals surface area contributed by atoms with Crippen molar-refractivity contribution >= 4 is 5.91 Å². The molecule has 0 radical (unpaired) electrons. The van der Waals surface area contributed by atoms with Gasteiger partial charge < -0.3 is 19.9 Å². The zero-order chi connectivity index (χ0) is 22.2. The van der Waals surface area contributed by atoms with Gasteiger partial charge in [0.2, 0.25) is 5.91 Å². The Balaban J connectivity index is 1.25. The summed E-state index contributed by atoms with van der Waals surface area (Å²) in [7, 11) is 0. The average molecular weight is 440 g/mol. The summed E-state index contributed by atoms with van der Waals surface area (Å²) in [5, 5.41) is 11.2. The van der Waals surface area contributed by atoms with Gasteiger partial charge in [0, 0.05) is 31.5 Å². The Morgan fingerprint density at radius 1 is 1.16 bits per heavy atom. The molecule has 2 aromatic rings. The molecule has 1 aromatic carbocycles. The number of carbonyl (C=O) groups excluding carboxylic acids is 1. The number of rotatable bonds is 10. The first-order chi connectivity index (χ1) is 15.7. The number of nitrogens with one attached hydrogen (secondary N) is 2. The van der Waals surface area contributed by atoms with Crippen LogP contribution >= 0.6 is 0 Å². The highest BCUT2D eigenvalue weighted by molar-refractivity contribution is 5.76. The number of piperidine rings is 1. The van der Waals surface area contributed by atoms with Gasteiger partial charge in [-0.2, -0.15) is 0 Å². The average Bonchev–Trinajstić information content (AvgIpc) is 2.78. The zero-order valence-electron chi connectivity index (χ0n) is 18.6. The van der Waals surface area contributed by atoms with Crippen LogP contribution < -0.4 is 15.6 Å². The van der Waals surface area contributed by atoms with Crippen molar-refractivity contribution in [2.75, 3.05) is 32.8 Å². The van der Waals surface area contributed by atoms with Crippen molar-refractivity contribution < 1.29 is 9.53 Å². The number of aromatic amines is 1. The third-order valence-corrected chi connectivity index (χ3v) is 6.37. The summed E-state index contributed by atoms with van der Waals surface area (Å²) in [6.07, 6.45) is 8.03. The monoisotopic (exact) mass is 439 g/mol.